The fourth-order valence-electron chi connectivity index (χ4n) is 2.32. The maximum Gasteiger partial charge on any atom is 0.102 e. The van der Waals surface area contributed by atoms with Crippen molar-refractivity contribution in [1.29, 1.82) is 0 Å². The van der Waals surface area contributed by atoms with Gasteiger partial charge in [0.25, 0.3) is 0 Å². The molecule has 1 N–H and O–H groups in total. The van der Waals surface area contributed by atoms with Crippen LogP contribution in [0.15, 0.2) is 0 Å². The first-order chi connectivity index (χ1) is 6.85. The Morgan fingerprint density at radius 3 is 3.07 bits per heavy atom. The van der Waals surface area contributed by atoms with Gasteiger partial charge >= 0.3 is 0 Å². The lowest BCUT2D eigenvalue weighted by Crippen LogP contribution is -2.47. The zero-order chi connectivity index (χ0) is 9.86. The van der Waals surface area contributed by atoms with Gasteiger partial charge in [-0.15, -0.1) is 0 Å². The first-order valence-electron chi connectivity index (χ1n) is 5.36. The summed E-state index contributed by atoms with van der Waals surface area (Å²) in [5.41, 5.74) is -0.0633. The third-order valence-corrected chi connectivity index (χ3v) is 3.09. The Kier molecular flexibility index (Phi) is 3.36. The van der Waals surface area contributed by atoms with Crippen LogP contribution in [0, 0.1) is 0 Å². The van der Waals surface area contributed by atoms with E-state index < -0.39 is 0 Å². The van der Waals surface area contributed by atoms with Crippen molar-refractivity contribution in [2.45, 2.75) is 30.9 Å². The third-order valence-electron chi connectivity index (χ3n) is 3.09. The van der Waals surface area contributed by atoms with Gasteiger partial charge in [0.1, 0.15) is 6.67 Å². The smallest absolute Gasteiger partial charge is 0.102 e. The van der Waals surface area contributed by atoms with E-state index in [1.54, 1.807) is 0 Å². The molecule has 2 heterocycles. The predicted molar refractivity (Wildman–Crippen MR) is 51.1 cm³/mol. The van der Waals surface area contributed by atoms with Crippen molar-refractivity contribution >= 4 is 0 Å². The zero-order valence-electron chi connectivity index (χ0n) is 8.43. The van der Waals surface area contributed by atoms with Crippen molar-refractivity contribution in [2.24, 2.45) is 0 Å². The molecule has 3 nitrogen and oxygen atoms in total. The number of nitrogens with one attached hydrogen (secondary N) is 1. The Bertz CT molecular complexity index is 183. The van der Waals surface area contributed by atoms with E-state index in [4.69, 9.17) is 9.47 Å². The highest BCUT2D eigenvalue weighted by Crippen LogP contribution is 2.32. The lowest BCUT2D eigenvalue weighted by atomic mass is 9.90. The molecule has 0 aliphatic carbocycles. The molecule has 2 saturated heterocycles. The van der Waals surface area contributed by atoms with Crippen molar-refractivity contribution in [3.8, 4) is 0 Å². The minimum Gasteiger partial charge on any atom is -0.378 e. The Balaban J connectivity index is 1.83. The minimum atomic E-state index is -0.291. The number of alkyl halides is 1. The topological polar surface area (TPSA) is 30.5 Å². The Labute approximate surface area is 84.0 Å². The van der Waals surface area contributed by atoms with E-state index in [9.17, 15) is 4.39 Å². The standard InChI is InChI=1S/C10H18FNO2/c11-3-4-12-9-1-5-14-10(7-9)2-6-13-8-10/h9,12H,1-8H2. The van der Waals surface area contributed by atoms with Gasteiger partial charge in [0.15, 0.2) is 0 Å². The molecule has 0 aromatic rings. The first kappa shape index (κ1) is 10.3. The number of rotatable bonds is 3. The fraction of sp³-hybridized carbons (Fsp3) is 1.00. The van der Waals surface area contributed by atoms with Crippen molar-refractivity contribution < 1.29 is 13.9 Å². The summed E-state index contributed by atoms with van der Waals surface area (Å²) in [6, 6.07) is 0.404. The van der Waals surface area contributed by atoms with E-state index in [1.807, 2.05) is 0 Å². The van der Waals surface area contributed by atoms with Crippen LogP contribution in [0.4, 0.5) is 4.39 Å². The summed E-state index contributed by atoms with van der Waals surface area (Å²) in [7, 11) is 0. The van der Waals surface area contributed by atoms with Crippen LogP contribution >= 0.6 is 0 Å². The zero-order valence-corrected chi connectivity index (χ0v) is 8.43. The van der Waals surface area contributed by atoms with Gasteiger partial charge in [0.2, 0.25) is 0 Å². The maximum atomic E-state index is 12.0. The van der Waals surface area contributed by atoms with Gasteiger partial charge in [-0.3, -0.25) is 0 Å². The SMILES string of the molecule is FCCNC1CCOC2(CCOC2)C1. The minimum absolute atomic E-state index is 0.0633. The number of hydrogen-bond acceptors (Lipinski definition) is 3. The van der Waals surface area contributed by atoms with Crippen molar-refractivity contribution in [2.75, 3.05) is 33.0 Å². The number of hydrogen-bond donors (Lipinski definition) is 1. The monoisotopic (exact) mass is 203 g/mol. The molecule has 2 fully saturated rings. The highest BCUT2D eigenvalue weighted by Gasteiger charge is 2.40. The highest BCUT2D eigenvalue weighted by atomic mass is 19.1. The Morgan fingerprint density at radius 1 is 1.43 bits per heavy atom. The molecular formula is C10H18FNO2. The third kappa shape index (κ3) is 2.24. The summed E-state index contributed by atoms with van der Waals surface area (Å²) in [4.78, 5) is 0. The summed E-state index contributed by atoms with van der Waals surface area (Å²) < 4.78 is 23.1. The summed E-state index contributed by atoms with van der Waals surface area (Å²) >= 11 is 0. The molecule has 0 radical (unpaired) electrons. The molecule has 0 saturated carbocycles. The molecular weight excluding hydrogens is 185 g/mol. The van der Waals surface area contributed by atoms with Crippen LogP contribution in [0.3, 0.4) is 0 Å². The summed E-state index contributed by atoms with van der Waals surface area (Å²) in [6.07, 6.45) is 2.94. The van der Waals surface area contributed by atoms with Gasteiger partial charge < -0.3 is 14.8 Å². The van der Waals surface area contributed by atoms with E-state index in [0.29, 0.717) is 19.2 Å². The van der Waals surface area contributed by atoms with E-state index >= 15 is 0 Å². The normalized spacial score (nSPS) is 37.9. The second-order valence-corrected chi connectivity index (χ2v) is 4.17. The van der Waals surface area contributed by atoms with Crippen LogP contribution in [-0.4, -0.2) is 44.7 Å². The molecule has 4 heteroatoms. The molecule has 0 aromatic carbocycles. The summed E-state index contributed by atoms with van der Waals surface area (Å²) in [5.74, 6) is 0. The van der Waals surface area contributed by atoms with Gasteiger partial charge in [0, 0.05) is 32.2 Å². The average molecular weight is 203 g/mol. The highest BCUT2D eigenvalue weighted by molar-refractivity contribution is 4.92. The molecule has 2 aliphatic heterocycles. The second-order valence-electron chi connectivity index (χ2n) is 4.17. The quantitative estimate of drug-likeness (QED) is 0.738. The molecule has 0 aromatic heterocycles. The lowest BCUT2D eigenvalue weighted by molar-refractivity contribution is -0.0893. The maximum absolute atomic E-state index is 12.0. The molecule has 82 valence electrons. The molecule has 2 atom stereocenters. The van der Waals surface area contributed by atoms with Crippen molar-refractivity contribution in [1.82, 2.24) is 5.32 Å². The molecule has 2 rings (SSSR count). The summed E-state index contributed by atoms with van der Waals surface area (Å²) in [5, 5.41) is 3.21. The molecule has 0 amide bonds. The molecule has 1 spiro atoms. The van der Waals surface area contributed by atoms with Crippen LogP contribution in [0.25, 0.3) is 0 Å². The van der Waals surface area contributed by atoms with Gasteiger partial charge in [-0.1, -0.05) is 0 Å². The molecule has 2 unspecified atom stereocenters. The number of halogens is 1. The van der Waals surface area contributed by atoms with Crippen LogP contribution < -0.4 is 5.32 Å². The van der Waals surface area contributed by atoms with Gasteiger partial charge in [0.05, 0.1) is 12.2 Å². The average Bonchev–Trinajstić information content (AvgIpc) is 2.63. The van der Waals surface area contributed by atoms with Gasteiger partial charge in [-0.25, -0.2) is 4.39 Å². The predicted octanol–water partition coefficient (Wildman–Crippen LogP) is 0.884. The first-order valence-corrected chi connectivity index (χ1v) is 5.36. The number of ether oxygens (including phenoxy) is 2. The molecule has 0 bridgehead atoms. The second kappa shape index (κ2) is 4.55. The van der Waals surface area contributed by atoms with Crippen molar-refractivity contribution in [3.05, 3.63) is 0 Å². The Hall–Kier alpha value is -0.190. The fourth-order valence-corrected chi connectivity index (χ4v) is 2.32. The molecule has 14 heavy (non-hydrogen) atoms. The van der Waals surface area contributed by atoms with Gasteiger partial charge in [-0.05, 0) is 12.8 Å². The van der Waals surface area contributed by atoms with Crippen LogP contribution in [0.1, 0.15) is 19.3 Å². The molecule has 2 aliphatic rings. The van der Waals surface area contributed by atoms with E-state index in [0.717, 1.165) is 32.5 Å². The Morgan fingerprint density at radius 2 is 2.36 bits per heavy atom. The lowest BCUT2D eigenvalue weighted by Gasteiger charge is -2.37. The van der Waals surface area contributed by atoms with E-state index in [-0.39, 0.29) is 12.3 Å². The van der Waals surface area contributed by atoms with Gasteiger partial charge in [-0.2, -0.15) is 0 Å². The van der Waals surface area contributed by atoms with Crippen molar-refractivity contribution in [3.63, 3.8) is 0 Å². The van der Waals surface area contributed by atoms with Crippen LogP contribution in [-0.2, 0) is 9.47 Å². The summed E-state index contributed by atoms with van der Waals surface area (Å²) in [6.45, 7) is 2.45. The largest absolute Gasteiger partial charge is 0.378 e. The van der Waals surface area contributed by atoms with Crippen LogP contribution in [0.2, 0.25) is 0 Å². The van der Waals surface area contributed by atoms with E-state index in [2.05, 4.69) is 5.32 Å². The van der Waals surface area contributed by atoms with E-state index in [1.165, 1.54) is 0 Å². The van der Waals surface area contributed by atoms with Crippen LogP contribution in [0.5, 0.6) is 0 Å².